The molecular weight excluding hydrogens is 266 g/mol. The summed E-state index contributed by atoms with van der Waals surface area (Å²) in [5.41, 5.74) is 7.12. The number of hydrogen-bond donors (Lipinski definition) is 2. The van der Waals surface area contributed by atoms with E-state index in [0.29, 0.717) is 24.3 Å². The van der Waals surface area contributed by atoms with Crippen molar-refractivity contribution in [3.8, 4) is 0 Å². The van der Waals surface area contributed by atoms with E-state index < -0.39 is 5.91 Å². The molecule has 0 fully saturated rings. The average Bonchev–Trinajstić information content (AvgIpc) is 2.44. The van der Waals surface area contributed by atoms with Gasteiger partial charge in [-0.3, -0.25) is 9.59 Å². The van der Waals surface area contributed by atoms with Crippen molar-refractivity contribution >= 4 is 17.5 Å². The Bertz CT molecular complexity index is 542. The average molecular weight is 287 g/mol. The second-order valence-electron chi connectivity index (χ2n) is 4.59. The zero-order valence-electron chi connectivity index (χ0n) is 12.3. The molecule has 0 saturated carbocycles. The molecule has 5 heteroatoms. The molecule has 112 valence electrons. The minimum atomic E-state index is -0.517. The van der Waals surface area contributed by atoms with Crippen molar-refractivity contribution in [2.24, 2.45) is 5.73 Å². The molecule has 0 saturated heterocycles. The summed E-state index contributed by atoms with van der Waals surface area (Å²) in [6, 6.07) is 5.33. The van der Waals surface area contributed by atoms with Crippen molar-refractivity contribution in [1.29, 1.82) is 0 Å². The van der Waals surface area contributed by atoms with Crippen LogP contribution in [0.25, 0.3) is 0 Å². The minimum Gasteiger partial charge on any atom is -0.375 e. The van der Waals surface area contributed by atoms with Gasteiger partial charge in [-0.2, -0.15) is 0 Å². The highest BCUT2D eigenvalue weighted by Crippen LogP contribution is 2.18. The van der Waals surface area contributed by atoms with E-state index in [-0.39, 0.29) is 12.5 Å². The predicted octanol–water partition coefficient (Wildman–Crippen LogP) is 1.71. The number of anilines is 1. The largest absolute Gasteiger partial charge is 0.375 e. The molecular formula is C16H21N3O2. The Kier molecular flexibility index (Phi) is 6.20. The van der Waals surface area contributed by atoms with Gasteiger partial charge >= 0.3 is 0 Å². The molecule has 5 nitrogen and oxygen atoms in total. The van der Waals surface area contributed by atoms with Gasteiger partial charge in [-0.05, 0) is 18.6 Å². The van der Waals surface area contributed by atoms with E-state index in [1.165, 1.54) is 0 Å². The van der Waals surface area contributed by atoms with Crippen molar-refractivity contribution in [2.45, 2.75) is 6.92 Å². The first-order valence-electron chi connectivity index (χ1n) is 6.64. The second-order valence-corrected chi connectivity index (χ2v) is 4.59. The van der Waals surface area contributed by atoms with Gasteiger partial charge in [-0.25, -0.2) is 0 Å². The number of nitrogens with two attached hydrogens (primary N) is 1. The Balaban J connectivity index is 2.81. The summed E-state index contributed by atoms with van der Waals surface area (Å²) in [7, 11) is 0. The molecule has 0 atom stereocenters. The van der Waals surface area contributed by atoms with Crippen LogP contribution in [0.4, 0.5) is 5.69 Å². The summed E-state index contributed by atoms with van der Waals surface area (Å²) in [4.78, 5) is 25.2. The molecule has 0 aliphatic rings. The number of rotatable bonds is 8. The van der Waals surface area contributed by atoms with Crippen LogP contribution in [0.3, 0.4) is 0 Å². The third-order valence-electron chi connectivity index (χ3n) is 3.00. The van der Waals surface area contributed by atoms with Gasteiger partial charge in [0, 0.05) is 18.8 Å². The van der Waals surface area contributed by atoms with E-state index in [2.05, 4.69) is 18.5 Å². The second kappa shape index (κ2) is 7.89. The Labute approximate surface area is 125 Å². The van der Waals surface area contributed by atoms with Gasteiger partial charge in [0.05, 0.1) is 12.1 Å². The number of amides is 2. The number of nitrogens with zero attached hydrogens (tertiary/aromatic N) is 1. The van der Waals surface area contributed by atoms with E-state index >= 15 is 0 Å². The zero-order valence-corrected chi connectivity index (χ0v) is 12.3. The van der Waals surface area contributed by atoms with Crippen LogP contribution in [-0.4, -0.2) is 36.3 Å². The maximum atomic E-state index is 12.1. The van der Waals surface area contributed by atoms with Gasteiger partial charge in [0.2, 0.25) is 5.91 Å². The van der Waals surface area contributed by atoms with E-state index in [4.69, 9.17) is 5.73 Å². The molecule has 3 N–H and O–H groups in total. The first-order chi connectivity index (χ1) is 10.0. The van der Waals surface area contributed by atoms with Gasteiger partial charge in [0.1, 0.15) is 0 Å². The van der Waals surface area contributed by atoms with Gasteiger partial charge < -0.3 is 16.0 Å². The zero-order chi connectivity index (χ0) is 15.8. The van der Waals surface area contributed by atoms with Crippen LogP contribution in [-0.2, 0) is 4.79 Å². The molecule has 0 unspecified atom stereocenters. The first-order valence-corrected chi connectivity index (χ1v) is 6.64. The number of primary amides is 1. The topological polar surface area (TPSA) is 75.4 Å². The molecule has 0 aliphatic heterocycles. The molecule has 0 aliphatic carbocycles. The van der Waals surface area contributed by atoms with Gasteiger partial charge in [-0.15, -0.1) is 13.2 Å². The fraction of sp³-hybridized carbons (Fsp3) is 0.250. The van der Waals surface area contributed by atoms with Crippen molar-refractivity contribution in [2.75, 3.05) is 25.0 Å². The number of benzene rings is 1. The standard InChI is InChI=1S/C16H21N3O2/c1-4-9-19(10-5-2)14(20)11-18-13-8-6-7-12(3)15(13)16(17)21/h4-8,18H,1-2,9-11H2,3H3,(H2,17,21). The van der Waals surface area contributed by atoms with Crippen molar-refractivity contribution in [3.05, 3.63) is 54.6 Å². The number of aryl methyl sites for hydroxylation is 1. The van der Waals surface area contributed by atoms with Crippen LogP contribution in [0.15, 0.2) is 43.5 Å². The number of hydrogen-bond acceptors (Lipinski definition) is 3. The van der Waals surface area contributed by atoms with Crippen LogP contribution in [0, 0.1) is 6.92 Å². The highest BCUT2D eigenvalue weighted by molar-refractivity contribution is 6.00. The maximum absolute atomic E-state index is 12.1. The van der Waals surface area contributed by atoms with Gasteiger partial charge in [0.25, 0.3) is 5.91 Å². The monoisotopic (exact) mass is 287 g/mol. The lowest BCUT2D eigenvalue weighted by Gasteiger charge is -2.20. The maximum Gasteiger partial charge on any atom is 0.251 e. The summed E-state index contributed by atoms with van der Waals surface area (Å²) in [6.07, 6.45) is 3.31. The molecule has 2 amide bonds. The molecule has 0 bridgehead atoms. The highest BCUT2D eigenvalue weighted by Gasteiger charge is 2.14. The lowest BCUT2D eigenvalue weighted by atomic mass is 10.1. The summed E-state index contributed by atoms with van der Waals surface area (Å²) < 4.78 is 0. The van der Waals surface area contributed by atoms with Crippen LogP contribution in [0.2, 0.25) is 0 Å². The quantitative estimate of drug-likeness (QED) is 0.715. The summed E-state index contributed by atoms with van der Waals surface area (Å²) in [6.45, 7) is 10.0. The Morgan fingerprint density at radius 3 is 2.43 bits per heavy atom. The third-order valence-corrected chi connectivity index (χ3v) is 3.00. The van der Waals surface area contributed by atoms with Gasteiger partial charge in [0.15, 0.2) is 0 Å². The van der Waals surface area contributed by atoms with Crippen molar-refractivity contribution in [3.63, 3.8) is 0 Å². The predicted molar refractivity (Wildman–Crippen MR) is 85.2 cm³/mol. The molecule has 1 aromatic rings. The molecule has 21 heavy (non-hydrogen) atoms. The summed E-state index contributed by atoms with van der Waals surface area (Å²) in [5.74, 6) is -0.621. The van der Waals surface area contributed by atoms with Crippen molar-refractivity contribution in [1.82, 2.24) is 4.90 Å². The Morgan fingerprint density at radius 1 is 1.29 bits per heavy atom. The molecule has 1 rings (SSSR count). The van der Waals surface area contributed by atoms with E-state index in [9.17, 15) is 9.59 Å². The van der Waals surface area contributed by atoms with Crippen molar-refractivity contribution < 1.29 is 9.59 Å². The lowest BCUT2D eigenvalue weighted by Crippen LogP contribution is -2.36. The van der Waals surface area contributed by atoms with E-state index in [0.717, 1.165) is 5.56 Å². The molecule has 1 aromatic carbocycles. The van der Waals surface area contributed by atoms with E-state index in [1.807, 2.05) is 0 Å². The minimum absolute atomic E-state index is 0.0748. The smallest absolute Gasteiger partial charge is 0.251 e. The summed E-state index contributed by atoms with van der Waals surface area (Å²) in [5, 5.41) is 2.97. The Hall–Kier alpha value is -2.56. The fourth-order valence-electron chi connectivity index (χ4n) is 2.01. The third kappa shape index (κ3) is 4.49. The Morgan fingerprint density at radius 2 is 1.90 bits per heavy atom. The van der Waals surface area contributed by atoms with Crippen LogP contribution in [0.5, 0.6) is 0 Å². The van der Waals surface area contributed by atoms with Crippen LogP contribution < -0.4 is 11.1 Å². The molecule has 0 spiro atoms. The van der Waals surface area contributed by atoms with Crippen LogP contribution >= 0.6 is 0 Å². The first kappa shape index (κ1) is 16.5. The van der Waals surface area contributed by atoms with E-state index in [1.54, 1.807) is 42.2 Å². The number of carbonyl (C=O) groups is 2. The SMILES string of the molecule is C=CCN(CC=C)C(=O)CNc1cccc(C)c1C(N)=O. The lowest BCUT2D eigenvalue weighted by molar-refractivity contribution is -0.128. The summed E-state index contributed by atoms with van der Waals surface area (Å²) >= 11 is 0. The normalized spacial score (nSPS) is 9.76. The number of carbonyl (C=O) groups excluding carboxylic acids is 2. The molecule has 0 heterocycles. The fourth-order valence-corrected chi connectivity index (χ4v) is 2.01. The molecule has 0 aromatic heterocycles. The van der Waals surface area contributed by atoms with Crippen LogP contribution in [0.1, 0.15) is 15.9 Å². The highest BCUT2D eigenvalue weighted by atomic mass is 16.2. The number of nitrogens with one attached hydrogen (secondary N) is 1. The van der Waals surface area contributed by atoms with Gasteiger partial charge in [-0.1, -0.05) is 24.3 Å². The molecule has 0 radical (unpaired) electrons.